The lowest BCUT2D eigenvalue weighted by atomic mass is 9.83. The van der Waals surface area contributed by atoms with Crippen LogP contribution in [0.3, 0.4) is 0 Å². The first-order valence-corrected chi connectivity index (χ1v) is 11.0. The third-order valence-electron chi connectivity index (χ3n) is 6.70. The van der Waals surface area contributed by atoms with E-state index in [2.05, 4.69) is 26.1 Å². The number of carbonyl (C=O) groups is 1. The molecular weight excluding hydrogens is 372 g/mol. The van der Waals surface area contributed by atoms with Crippen LogP contribution < -0.4 is 10.9 Å². The highest BCUT2D eigenvalue weighted by atomic mass is 16.1. The van der Waals surface area contributed by atoms with Crippen LogP contribution in [0.2, 0.25) is 0 Å². The topological polar surface area (TPSA) is 51.1 Å². The van der Waals surface area contributed by atoms with Crippen LogP contribution >= 0.6 is 0 Å². The number of fused-ring (bicyclic) bond motifs is 2. The Kier molecular flexibility index (Phi) is 5.50. The molecule has 0 fully saturated rings. The highest BCUT2D eigenvalue weighted by molar-refractivity contribution is 6.28. The van der Waals surface area contributed by atoms with Crippen LogP contribution in [-0.2, 0) is 7.05 Å². The minimum atomic E-state index is -0.0633. The summed E-state index contributed by atoms with van der Waals surface area (Å²) in [5.74, 6) is 1.16. The molecule has 156 valence electrons. The van der Waals surface area contributed by atoms with Gasteiger partial charge in [-0.25, -0.2) is 0 Å². The standard InChI is InChI=1S/C26H30N2O2/c1-5-6-9-16(2)17(3)15-27-21-12-13-22-24-20(14-23(29)28(22)4)18-10-7-8-11-19(18)26(30)25(21)24/h7-8,10-14,16-17,27H,5-6,9,15H2,1-4H3. The van der Waals surface area contributed by atoms with Crippen molar-refractivity contribution in [3.63, 3.8) is 0 Å². The van der Waals surface area contributed by atoms with Gasteiger partial charge in [0.25, 0.3) is 5.56 Å². The molecule has 4 nitrogen and oxygen atoms in total. The van der Waals surface area contributed by atoms with Gasteiger partial charge in [-0.3, -0.25) is 9.59 Å². The average Bonchev–Trinajstić information content (AvgIpc) is 2.76. The monoisotopic (exact) mass is 402 g/mol. The van der Waals surface area contributed by atoms with Crippen molar-refractivity contribution < 1.29 is 4.79 Å². The van der Waals surface area contributed by atoms with Crippen LogP contribution in [-0.4, -0.2) is 16.9 Å². The van der Waals surface area contributed by atoms with E-state index in [0.717, 1.165) is 34.3 Å². The van der Waals surface area contributed by atoms with Crippen molar-refractivity contribution in [3.8, 4) is 11.1 Å². The molecule has 1 N–H and O–H groups in total. The molecule has 2 aromatic carbocycles. The maximum absolute atomic E-state index is 13.5. The van der Waals surface area contributed by atoms with E-state index >= 15 is 0 Å². The molecule has 1 heterocycles. The number of rotatable bonds is 7. The number of aryl methyl sites for hydroxylation is 1. The van der Waals surface area contributed by atoms with Gasteiger partial charge in [-0.1, -0.05) is 64.3 Å². The molecule has 0 aliphatic heterocycles. The number of unbranched alkanes of at least 4 members (excludes halogenated alkanes) is 1. The molecular formula is C26H30N2O2. The summed E-state index contributed by atoms with van der Waals surface area (Å²) in [7, 11) is 1.76. The normalized spacial score (nSPS) is 14.5. The summed E-state index contributed by atoms with van der Waals surface area (Å²) < 4.78 is 1.63. The first-order valence-electron chi connectivity index (χ1n) is 11.0. The molecule has 4 heteroatoms. The fraction of sp³-hybridized carbons (Fsp3) is 0.385. The smallest absolute Gasteiger partial charge is 0.251 e. The Bertz CT molecular complexity index is 1180. The van der Waals surface area contributed by atoms with Crippen molar-refractivity contribution in [1.82, 2.24) is 4.57 Å². The molecule has 4 rings (SSSR count). The van der Waals surface area contributed by atoms with Crippen LogP contribution in [0, 0.1) is 11.8 Å². The second-order valence-corrected chi connectivity index (χ2v) is 8.69. The van der Waals surface area contributed by atoms with Gasteiger partial charge in [-0.05, 0) is 35.1 Å². The molecule has 0 saturated carbocycles. The maximum atomic E-state index is 13.5. The van der Waals surface area contributed by atoms with Crippen LogP contribution in [0.15, 0.2) is 47.3 Å². The fourth-order valence-electron chi connectivity index (χ4n) is 4.48. The maximum Gasteiger partial charge on any atom is 0.251 e. The second-order valence-electron chi connectivity index (χ2n) is 8.69. The first-order chi connectivity index (χ1) is 14.4. The molecule has 30 heavy (non-hydrogen) atoms. The first kappa shape index (κ1) is 20.4. The summed E-state index contributed by atoms with van der Waals surface area (Å²) in [5, 5.41) is 4.43. The zero-order valence-corrected chi connectivity index (χ0v) is 18.3. The van der Waals surface area contributed by atoms with Crippen LogP contribution in [0.25, 0.3) is 22.0 Å². The third kappa shape index (κ3) is 3.34. The SMILES string of the molecule is CCCCC(C)C(C)CNc1ccc2c3c(cc(=O)n2C)-c2ccccc2C(=O)c13. The van der Waals surface area contributed by atoms with E-state index in [-0.39, 0.29) is 11.3 Å². The van der Waals surface area contributed by atoms with Gasteiger partial charge in [0, 0.05) is 36.3 Å². The minimum Gasteiger partial charge on any atom is -0.384 e. The average molecular weight is 403 g/mol. The molecule has 3 aromatic rings. The molecule has 0 bridgehead atoms. The summed E-state index contributed by atoms with van der Waals surface area (Å²) in [6.07, 6.45) is 3.69. The summed E-state index contributed by atoms with van der Waals surface area (Å²) >= 11 is 0. The quantitative estimate of drug-likeness (QED) is 0.436. The van der Waals surface area contributed by atoms with E-state index in [1.807, 2.05) is 36.4 Å². The Morgan fingerprint density at radius 1 is 0.967 bits per heavy atom. The van der Waals surface area contributed by atoms with Crippen molar-refractivity contribution in [1.29, 1.82) is 0 Å². The van der Waals surface area contributed by atoms with Crippen molar-refractivity contribution >= 4 is 22.4 Å². The Balaban J connectivity index is 1.80. The van der Waals surface area contributed by atoms with Crippen molar-refractivity contribution in [2.45, 2.75) is 40.0 Å². The van der Waals surface area contributed by atoms with E-state index in [1.165, 1.54) is 19.3 Å². The Morgan fingerprint density at radius 3 is 2.43 bits per heavy atom. The van der Waals surface area contributed by atoms with E-state index in [0.29, 0.717) is 23.0 Å². The second kappa shape index (κ2) is 8.10. The highest BCUT2D eigenvalue weighted by Gasteiger charge is 2.29. The molecule has 2 atom stereocenters. The molecule has 0 radical (unpaired) electrons. The van der Waals surface area contributed by atoms with Crippen molar-refractivity contribution in [3.05, 3.63) is 63.9 Å². The number of nitrogens with zero attached hydrogens (tertiary/aromatic N) is 1. The van der Waals surface area contributed by atoms with Gasteiger partial charge in [0.2, 0.25) is 0 Å². The predicted molar refractivity (Wildman–Crippen MR) is 124 cm³/mol. The zero-order valence-electron chi connectivity index (χ0n) is 18.3. The number of anilines is 1. The van der Waals surface area contributed by atoms with Gasteiger partial charge in [-0.2, -0.15) is 0 Å². The number of nitrogens with one attached hydrogen (secondary N) is 1. The van der Waals surface area contributed by atoms with Gasteiger partial charge in [-0.15, -0.1) is 0 Å². The number of hydrogen-bond acceptors (Lipinski definition) is 3. The minimum absolute atomic E-state index is 0.0246. The Labute approximate surface area is 177 Å². The number of aromatic nitrogens is 1. The summed E-state index contributed by atoms with van der Waals surface area (Å²) in [4.78, 5) is 26.1. The van der Waals surface area contributed by atoms with Crippen molar-refractivity contribution in [2.75, 3.05) is 11.9 Å². The van der Waals surface area contributed by atoms with E-state index in [4.69, 9.17) is 0 Å². The summed E-state index contributed by atoms with van der Waals surface area (Å²) in [5.41, 5.74) is 4.64. The lowest BCUT2D eigenvalue weighted by Gasteiger charge is -2.25. The third-order valence-corrected chi connectivity index (χ3v) is 6.70. The lowest BCUT2D eigenvalue weighted by molar-refractivity contribution is 0.104. The predicted octanol–water partition coefficient (Wildman–Crippen LogP) is 5.62. The molecule has 1 aromatic heterocycles. The van der Waals surface area contributed by atoms with Crippen LogP contribution in [0.4, 0.5) is 5.69 Å². The van der Waals surface area contributed by atoms with Crippen LogP contribution in [0.1, 0.15) is 56.0 Å². The van der Waals surface area contributed by atoms with Crippen molar-refractivity contribution in [2.24, 2.45) is 18.9 Å². The number of benzene rings is 2. The number of pyridine rings is 1. The van der Waals surface area contributed by atoms with Gasteiger partial charge >= 0.3 is 0 Å². The fourth-order valence-corrected chi connectivity index (χ4v) is 4.48. The largest absolute Gasteiger partial charge is 0.384 e. The van der Waals surface area contributed by atoms with E-state index in [1.54, 1.807) is 17.7 Å². The highest BCUT2D eigenvalue weighted by Crippen LogP contribution is 2.41. The molecule has 0 spiro atoms. The summed E-state index contributed by atoms with van der Waals surface area (Å²) in [6.45, 7) is 7.62. The van der Waals surface area contributed by atoms with Gasteiger partial charge in [0.05, 0.1) is 11.1 Å². The zero-order chi connectivity index (χ0) is 21.4. The number of hydrogen-bond donors (Lipinski definition) is 1. The number of ketones is 1. The van der Waals surface area contributed by atoms with Gasteiger partial charge < -0.3 is 9.88 Å². The molecule has 0 amide bonds. The van der Waals surface area contributed by atoms with Crippen LogP contribution in [0.5, 0.6) is 0 Å². The Hall–Kier alpha value is -2.88. The lowest BCUT2D eigenvalue weighted by Crippen LogP contribution is -2.23. The molecule has 1 aliphatic carbocycles. The Morgan fingerprint density at radius 2 is 1.70 bits per heavy atom. The molecule has 1 aliphatic rings. The summed E-state index contributed by atoms with van der Waals surface area (Å²) in [6, 6.07) is 13.2. The molecule has 0 saturated heterocycles. The van der Waals surface area contributed by atoms with E-state index in [9.17, 15) is 9.59 Å². The van der Waals surface area contributed by atoms with Gasteiger partial charge in [0.1, 0.15) is 0 Å². The molecule has 2 unspecified atom stereocenters. The van der Waals surface area contributed by atoms with Gasteiger partial charge in [0.15, 0.2) is 5.78 Å². The van der Waals surface area contributed by atoms with E-state index < -0.39 is 0 Å². The number of carbonyl (C=O) groups excluding carboxylic acids is 1.